The summed E-state index contributed by atoms with van der Waals surface area (Å²) in [6.45, 7) is 7.87. The first kappa shape index (κ1) is 19.3. The number of hydrogen-bond donors (Lipinski definition) is 1. The molecular weight excluding hydrogens is 340 g/mol. The van der Waals surface area contributed by atoms with E-state index in [0.29, 0.717) is 17.4 Å². The van der Waals surface area contributed by atoms with E-state index in [1.807, 2.05) is 31.2 Å². The molecule has 1 heterocycles. The largest absolute Gasteiger partial charge is 0.449 e. The highest BCUT2D eigenvalue weighted by atomic mass is 16.5. The molecule has 3 rings (SSSR count). The molecule has 1 aliphatic rings. The van der Waals surface area contributed by atoms with Gasteiger partial charge in [-0.3, -0.25) is 9.78 Å². The summed E-state index contributed by atoms with van der Waals surface area (Å²) in [5.41, 5.74) is 1.92. The van der Waals surface area contributed by atoms with E-state index in [9.17, 15) is 9.59 Å². The number of fused-ring (bicyclic) bond motifs is 1. The Morgan fingerprint density at radius 1 is 1.22 bits per heavy atom. The average Bonchev–Trinajstić information content (AvgIpc) is 2.64. The Kier molecular flexibility index (Phi) is 5.78. The number of aryl methyl sites for hydroxylation is 1. The van der Waals surface area contributed by atoms with Crippen molar-refractivity contribution < 1.29 is 14.3 Å². The number of nitrogens with zero attached hydrogens (tertiary/aromatic N) is 1. The maximum atomic E-state index is 12.7. The number of para-hydroxylation sites is 1. The predicted molar refractivity (Wildman–Crippen MR) is 105 cm³/mol. The molecule has 4 atom stereocenters. The molecule has 1 saturated carbocycles. The second kappa shape index (κ2) is 8.07. The second-order valence-electron chi connectivity index (χ2n) is 7.76. The molecule has 0 unspecified atom stereocenters. The fourth-order valence-corrected chi connectivity index (χ4v) is 3.84. The summed E-state index contributed by atoms with van der Waals surface area (Å²) in [5, 5.41) is 3.81. The van der Waals surface area contributed by atoms with Gasteiger partial charge in [0.2, 0.25) is 0 Å². The van der Waals surface area contributed by atoms with Gasteiger partial charge in [0.1, 0.15) is 0 Å². The van der Waals surface area contributed by atoms with Crippen LogP contribution in [0.3, 0.4) is 0 Å². The van der Waals surface area contributed by atoms with Crippen LogP contribution in [0.25, 0.3) is 10.9 Å². The first-order valence-electron chi connectivity index (χ1n) is 9.74. The third-order valence-corrected chi connectivity index (χ3v) is 5.75. The van der Waals surface area contributed by atoms with Crippen molar-refractivity contribution in [1.29, 1.82) is 0 Å². The van der Waals surface area contributed by atoms with E-state index in [1.165, 1.54) is 6.42 Å². The summed E-state index contributed by atoms with van der Waals surface area (Å²) in [4.78, 5) is 29.7. The lowest BCUT2D eigenvalue weighted by Gasteiger charge is -2.35. The van der Waals surface area contributed by atoms with Crippen LogP contribution in [0.4, 0.5) is 0 Å². The Bertz CT molecular complexity index is 849. The fraction of sp³-hybridized carbons (Fsp3) is 0.500. The molecule has 0 radical (unpaired) electrons. The van der Waals surface area contributed by atoms with Gasteiger partial charge in [-0.25, -0.2) is 4.79 Å². The Hall–Kier alpha value is -2.43. The highest BCUT2D eigenvalue weighted by Crippen LogP contribution is 2.29. The molecule has 5 heteroatoms. The molecule has 1 aromatic heterocycles. The van der Waals surface area contributed by atoms with Crippen LogP contribution in [-0.2, 0) is 9.53 Å². The van der Waals surface area contributed by atoms with E-state index in [4.69, 9.17) is 4.74 Å². The maximum absolute atomic E-state index is 12.7. The van der Waals surface area contributed by atoms with Crippen molar-refractivity contribution >= 4 is 22.8 Å². The molecule has 0 bridgehead atoms. The van der Waals surface area contributed by atoms with Crippen molar-refractivity contribution in [3.63, 3.8) is 0 Å². The summed E-state index contributed by atoms with van der Waals surface area (Å²) in [6, 6.07) is 9.30. The zero-order valence-corrected chi connectivity index (χ0v) is 16.5. The minimum Gasteiger partial charge on any atom is -0.449 e. The molecule has 1 aliphatic carbocycles. The van der Waals surface area contributed by atoms with Crippen LogP contribution in [0.15, 0.2) is 30.3 Å². The number of carbonyl (C=O) groups excluding carboxylic acids is 2. The Balaban J connectivity index is 1.70. The maximum Gasteiger partial charge on any atom is 0.339 e. The van der Waals surface area contributed by atoms with Gasteiger partial charge in [0, 0.05) is 17.1 Å². The van der Waals surface area contributed by atoms with E-state index in [0.717, 1.165) is 29.4 Å². The van der Waals surface area contributed by atoms with Crippen LogP contribution in [-0.4, -0.2) is 29.0 Å². The number of aromatic nitrogens is 1. The van der Waals surface area contributed by atoms with Crippen molar-refractivity contribution in [3.8, 4) is 0 Å². The summed E-state index contributed by atoms with van der Waals surface area (Å²) in [5.74, 6) is 0.291. The summed E-state index contributed by atoms with van der Waals surface area (Å²) < 4.78 is 5.49. The van der Waals surface area contributed by atoms with Crippen molar-refractivity contribution in [2.24, 2.45) is 11.8 Å². The zero-order chi connectivity index (χ0) is 19.6. The fourth-order valence-electron chi connectivity index (χ4n) is 3.84. The normalized spacial score (nSPS) is 23.6. The SMILES string of the molecule is Cc1cc(C(=O)O[C@H](C)C(=O)N[C@H]2CCC[C@H](C)[C@@H]2C)c2ccccc2n1. The zero-order valence-electron chi connectivity index (χ0n) is 16.5. The van der Waals surface area contributed by atoms with E-state index < -0.39 is 12.1 Å². The number of hydrogen-bond acceptors (Lipinski definition) is 4. The first-order valence-corrected chi connectivity index (χ1v) is 9.74. The lowest BCUT2D eigenvalue weighted by Crippen LogP contribution is -2.47. The van der Waals surface area contributed by atoms with Gasteiger partial charge in [0.15, 0.2) is 6.10 Å². The minimum atomic E-state index is -0.839. The van der Waals surface area contributed by atoms with E-state index in [2.05, 4.69) is 24.1 Å². The van der Waals surface area contributed by atoms with Crippen LogP contribution >= 0.6 is 0 Å². The number of carbonyl (C=O) groups is 2. The highest BCUT2D eigenvalue weighted by Gasteiger charge is 2.30. The molecule has 1 N–H and O–H groups in total. The molecule has 0 aliphatic heterocycles. The summed E-state index contributed by atoms with van der Waals surface area (Å²) in [7, 11) is 0. The quantitative estimate of drug-likeness (QED) is 0.828. The predicted octanol–water partition coefficient (Wildman–Crippen LogP) is 4.03. The number of ether oxygens (including phenoxy) is 1. The van der Waals surface area contributed by atoms with Gasteiger partial charge in [-0.1, -0.05) is 44.9 Å². The topological polar surface area (TPSA) is 68.3 Å². The third-order valence-electron chi connectivity index (χ3n) is 5.75. The molecule has 144 valence electrons. The third kappa shape index (κ3) is 4.29. The van der Waals surface area contributed by atoms with Gasteiger partial charge >= 0.3 is 5.97 Å². The van der Waals surface area contributed by atoms with Gasteiger partial charge in [-0.05, 0) is 44.2 Å². The van der Waals surface area contributed by atoms with Crippen LogP contribution in [0.5, 0.6) is 0 Å². The molecule has 1 aromatic carbocycles. The molecule has 0 saturated heterocycles. The molecule has 2 aromatic rings. The van der Waals surface area contributed by atoms with Gasteiger partial charge in [-0.2, -0.15) is 0 Å². The first-order chi connectivity index (χ1) is 12.9. The molecular formula is C22H28N2O3. The average molecular weight is 368 g/mol. The van der Waals surface area contributed by atoms with Crippen molar-refractivity contribution in [1.82, 2.24) is 10.3 Å². The highest BCUT2D eigenvalue weighted by molar-refractivity contribution is 6.04. The Morgan fingerprint density at radius 3 is 2.74 bits per heavy atom. The van der Waals surface area contributed by atoms with Gasteiger partial charge in [-0.15, -0.1) is 0 Å². The van der Waals surface area contributed by atoms with Crippen molar-refractivity contribution in [2.45, 2.75) is 59.1 Å². The molecule has 5 nitrogen and oxygen atoms in total. The lowest BCUT2D eigenvalue weighted by molar-refractivity contribution is -0.130. The van der Waals surface area contributed by atoms with Crippen LogP contribution in [0.1, 0.15) is 56.1 Å². The summed E-state index contributed by atoms with van der Waals surface area (Å²) >= 11 is 0. The molecule has 0 spiro atoms. The minimum absolute atomic E-state index is 0.145. The second-order valence-corrected chi connectivity index (χ2v) is 7.76. The van der Waals surface area contributed by atoms with Crippen molar-refractivity contribution in [3.05, 3.63) is 41.6 Å². The standard InChI is InChI=1S/C22H28N2O3/c1-13-8-7-11-19(15(13)3)24-21(25)16(4)27-22(26)18-12-14(2)23-20-10-6-5-9-17(18)20/h5-6,9-10,12-13,15-16,19H,7-8,11H2,1-4H3,(H,24,25)/t13-,15-,16+,19-/m0/s1. The van der Waals surface area contributed by atoms with Crippen LogP contribution < -0.4 is 5.32 Å². The van der Waals surface area contributed by atoms with Gasteiger partial charge in [0.05, 0.1) is 11.1 Å². The number of pyridine rings is 1. The van der Waals surface area contributed by atoms with E-state index in [-0.39, 0.29) is 11.9 Å². The van der Waals surface area contributed by atoms with Crippen LogP contribution in [0, 0.1) is 18.8 Å². The van der Waals surface area contributed by atoms with Crippen LogP contribution in [0.2, 0.25) is 0 Å². The molecule has 1 amide bonds. The van der Waals surface area contributed by atoms with E-state index in [1.54, 1.807) is 13.0 Å². The Morgan fingerprint density at radius 2 is 1.96 bits per heavy atom. The number of amides is 1. The van der Waals surface area contributed by atoms with Gasteiger partial charge < -0.3 is 10.1 Å². The lowest BCUT2D eigenvalue weighted by atomic mass is 9.78. The number of nitrogens with one attached hydrogen (secondary N) is 1. The smallest absolute Gasteiger partial charge is 0.339 e. The van der Waals surface area contributed by atoms with Gasteiger partial charge in [0.25, 0.3) is 5.91 Å². The monoisotopic (exact) mass is 368 g/mol. The van der Waals surface area contributed by atoms with Crippen molar-refractivity contribution in [2.75, 3.05) is 0 Å². The Labute approximate surface area is 160 Å². The number of esters is 1. The molecule has 1 fully saturated rings. The van der Waals surface area contributed by atoms with E-state index >= 15 is 0 Å². The number of benzene rings is 1. The number of rotatable bonds is 4. The summed E-state index contributed by atoms with van der Waals surface area (Å²) in [6.07, 6.45) is 2.46. The molecule has 27 heavy (non-hydrogen) atoms.